The molecule has 0 heterocycles. The van der Waals surface area contributed by atoms with Crippen LogP contribution in [0.25, 0.3) is 0 Å². The first-order valence-corrected chi connectivity index (χ1v) is 4.96. The Morgan fingerprint density at radius 1 is 1.62 bits per heavy atom. The van der Waals surface area contributed by atoms with Gasteiger partial charge in [-0.15, -0.1) is 11.8 Å². The van der Waals surface area contributed by atoms with Crippen LogP contribution in [0.5, 0.6) is 0 Å². The van der Waals surface area contributed by atoms with Crippen molar-refractivity contribution in [2.75, 3.05) is 6.26 Å². The molecule has 4 heteroatoms. The van der Waals surface area contributed by atoms with E-state index in [0.29, 0.717) is 0 Å². The van der Waals surface area contributed by atoms with Gasteiger partial charge in [-0.25, -0.2) is 4.39 Å². The zero-order valence-electron chi connectivity index (χ0n) is 7.21. The lowest BCUT2D eigenvalue weighted by Gasteiger charge is -2.04. The van der Waals surface area contributed by atoms with Crippen molar-refractivity contribution in [2.24, 2.45) is 5.73 Å². The van der Waals surface area contributed by atoms with Crippen LogP contribution in [0.3, 0.4) is 0 Å². The smallest absolute Gasteiger partial charge is 0.221 e. The molecule has 0 radical (unpaired) electrons. The molecule has 0 atom stereocenters. The van der Waals surface area contributed by atoms with Crippen LogP contribution in [0.2, 0.25) is 0 Å². The Morgan fingerprint density at radius 2 is 2.31 bits per heavy atom. The molecule has 0 bridgehead atoms. The second kappa shape index (κ2) is 4.28. The van der Waals surface area contributed by atoms with Gasteiger partial charge in [0.25, 0.3) is 0 Å². The molecule has 0 aromatic heterocycles. The summed E-state index contributed by atoms with van der Waals surface area (Å²) in [5.41, 5.74) is 5.82. The fourth-order valence-electron chi connectivity index (χ4n) is 1.05. The minimum Gasteiger partial charge on any atom is -0.369 e. The predicted octanol–water partition coefficient (Wildman–Crippen LogP) is 1.58. The quantitative estimate of drug-likeness (QED) is 0.751. The number of hydrogen-bond acceptors (Lipinski definition) is 2. The van der Waals surface area contributed by atoms with Crippen molar-refractivity contribution >= 4 is 17.7 Å². The summed E-state index contributed by atoms with van der Waals surface area (Å²) in [6.07, 6.45) is 2.00. The van der Waals surface area contributed by atoms with Gasteiger partial charge in [0.2, 0.25) is 5.91 Å². The lowest BCUT2D eigenvalue weighted by Crippen LogP contribution is -2.14. The molecule has 0 fully saturated rings. The summed E-state index contributed by atoms with van der Waals surface area (Å²) in [5.74, 6) is -0.695. The summed E-state index contributed by atoms with van der Waals surface area (Å²) in [6.45, 7) is 0. The number of halogens is 1. The van der Waals surface area contributed by atoms with E-state index >= 15 is 0 Å². The molecule has 0 saturated heterocycles. The average Bonchev–Trinajstić information content (AvgIpc) is 2.07. The van der Waals surface area contributed by atoms with E-state index in [1.165, 1.54) is 23.9 Å². The van der Waals surface area contributed by atoms with Gasteiger partial charge in [-0.05, 0) is 24.0 Å². The maximum absolute atomic E-state index is 12.7. The molecular weight excluding hydrogens is 189 g/mol. The second-order valence-corrected chi connectivity index (χ2v) is 3.45. The third kappa shape index (κ3) is 2.73. The van der Waals surface area contributed by atoms with Gasteiger partial charge >= 0.3 is 0 Å². The standard InChI is InChI=1S/C9H10FNOS/c1-13-8-5-7(10)3-2-6(8)4-9(11)12/h2-3,5H,4H2,1H3,(H2,11,12). The van der Waals surface area contributed by atoms with Crippen molar-refractivity contribution in [3.8, 4) is 0 Å². The van der Waals surface area contributed by atoms with Crippen molar-refractivity contribution in [3.05, 3.63) is 29.6 Å². The van der Waals surface area contributed by atoms with E-state index in [1.807, 2.05) is 6.26 Å². The van der Waals surface area contributed by atoms with Crippen LogP contribution in [0, 0.1) is 5.82 Å². The predicted molar refractivity (Wildman–Crippen MR) is 51.1 cm³/mol. The normalized spacial score (nSPS) is 10.0. The van der Waals surface area contributed by atoms with Crippen molar-refractivity contribution in [2.45, 2.75) is 11.3 Å². The van der Waals surface area contributed by atoms with Crippen LogP contribution in [0.4, 0.5) is 4.39 Å². The number of nitrogens with two attached hydrogens (primary N) is 1. The highest BCUT2D eigenvalue weighted by molar-refractivity contribution is 7.98. The summed E-state index contributed by atoms with van der Waals surface area (Å²) in [7, 11) is 0. The van der Waals surface area contributed by atoms with Gasteiger partial charge in [0.1, 0.15) is 5.82 Å². The van der Waals surface area contributed by atoms with E-state index < -0.39 is 5.91 Å². The minimum atomic E-state index is -0.401. The first kappa shape index (κ1) is 10.1. The van der Waals surface area contributed by atoms with E-state index in [-0.39, 0.29) is 12.2 Å². The first-order chi connectivity index (χ1) is 6.13. The number of amides is 1. The average molecular weight is 199 g/mol. The van der Waals surface area contributed by atoms with Crippen LogP contribution in [-0.4, -0.2) is 12.2 Å². The zero-order valence-corrected chi connectivity index (χ0v) is 8.03. The van der Waals surface area contributed by atoms with E-state index in [9.17, 15) is 9.18 Å². The fraction of sp³-hybridized carbons (Fsp3) is 0.222. The Morgan fingerprint density at radius 3 is 2.85 bits per heavy atom. The van der Waals surface area contributed by atoms with Crippen LogP contribution in [0.1, 0.15) is 5.56 Å². The largest absolute Gasteiger partial charge is 0.369 e. The highest BCUT2D eigenvalue weighted by atomic mass is 32.2. The Balaban J connectivity index is 2.99. The van der Waals surface area contributed by atoms with Gasteiger partial charge in [0.05, 0.1) is 6.42 Å². The number of hydrogen-bond donors (Lipinski definition) is 1. The molecule has 1 aromatic carbocycles. The summed E-state index contributed by atoms with van der Waals surface area (Å²) in [5, 5.41) is 0. The molecule has 1 amide bonds. The van der Waals surface area contributed by atoms with Gasteiger partial charge in [-0.1, -0.05) is 6.07 Å². The molecule has 2 nitrogen and oxygen atoms in total. The Bertz CT molecular complexity index is 327. The highest BCUT2D eigenvalue weighted by Gasteiger charge is 2.05. The summed E-state index contributed by atoms with van der Waals surface area (Å²) in [4.78, 5) is 11.4. The zero-order chi connectivity index (χ0) is 9.84. The molecule has 70 valence electrons. The third-order valence-corrected chi connectivity index (χ3v) is 2.43. The fourth-order valence-corrected chi connectivity index (χ4v) is 1.68. The van der Waals surface area contributed by atoms with Gasteiger partial charge in [-0.2, -0.15) is 0 Å². The van der Waals surface area contributed by atoms with Crippen molar-refractivity contribution < 1.29 is 9.18 Å². The highest BCUT2D eigenvalue weighted by Crippen LogP contribution is 2.21. The van der Waals surface area contributed by atoms with Crippen molar-refractivity contribution in [1.29, 1.82) is 0 Å². The van der Waals surface area contributed by atoms with Gasteiger partial charge in [-0.3, -0.25) is 4.79 Å². The van der Waals surface area contributed by atoms with Crippen LogP contribution >= 0.6 is 11.8 Å². The SMILES string of the molecule is CSc1cc(F)ccc1CC(N)=O. The molecule has 2 N–H and O–H groups in total. The lowest BCUT2D eigenvalue weighted by molar-refractivity contribution is -0.117. The number of carbonyl (C=O) groups is 1. The monoisotopic (exact) mass is 199 g/mol. The van der Waals surface area contributed by atoms with Crippen LogP contribution < -0.4 is 5.73 Å². The number of benzene rings is 1. The molecule has 1 rings (SSSR count). The molecule has 0 spiro atoms. The van der Waals surface area contributed by atoms with Gasteiger partial charge in [0, 0.05) is 4.90 Å². The molecule has 0 aliphatic rings. The summed E-state index contributed by atoms with van der Waals surface area (Å²) in [6, 6.07) is 4.33. The summed E-state index contributed by atoms with van der Waals surface area (Å²) < 4.78 is 12.7. The van der Waals surface area contributed by atoms with E-state index in [2.05, 4.69) is 0 Å². The molecule has 0 saturated carbocycles. The Kier molecular flexibility index (Phi) is 3.31. The maximum atomic E-state index is 12.7. The topological polar surface area (TPSA) is 43.1 Å². The first-order valence-electron chi connectivity index (χ1n) is 3.74. The molecule has 0 aliphatic heterocycles. The van der Waals surface area contributed by atoms with E-state index in [1.54, 1.807) is 6.07 Å². The molecular formula is C9H10FNOS. The summed E-state index contributed by atoms with van der Waals surface area (Å²) >= 11 is 1.40. The lowest BCUT2D eigenvalue weighted by atomic mass is 10.1. The van der Waals surface area contributed by atoms with Gasteiger partial charge < -0.3 is 5.73 Å². The third-order valence-electron chi connectivity index (χ3n) is 1.61. The van der Waals surface area contributed by atoms with Crippen LogP contribution in [0.15, 0.2) is 23.1 Å². The Labute approximate surface area is 80.3 Å². The molecule has 13 heavy (non-hydrogen) atoms. The number of primary amides is 1. The van der Waals surface area contributed by atoms with Crippen molar-refractivity contribution in [1.82, 2.24) is 0 Å². The molecule has 1 aromatic rings. The number of thioether (sulfide) groups is 1. The molecule has 0 aliphatic carbocycles. The van der Waals surface area contributed by atoms with Crippen molar-refractivity contribution in [3.63, 3.8) is 0 Å². The number of carbonyl (C=O) groups excluding carboxylic acids is 1. The molecule has 0 unspecified atom stereocenters. The minimum absolute atomic E-state index is 0.163. The van der Waals surface area contributed by atoms with Crippen LogP contribution in [-0.2, 0) is 11.2 Å². The van der Waals surface area contributed by atoms with Gasteiger partial charge in [0.15, 0.2) is 0 Å². The van der Waals surface area contributed by atoms with E-state index in [0.717, 1.165) is 10.5 Å². The second-order valence-electron chi connectivity index (χ2n) is 2.60. The van der Waals surface area contributed by atoms with E-state index in [4.69, 9.17) is 5.73 Å². The maximum Gasteiger partial charge on any atom is 0.221 e. The Hall–Kier alpha value is -1.03. The number of rotatable bonds is 3.